The van der Waals surface area contributed by atoms with Crippen molar-refractivity contribution in [2.75, 3.05) is 0 Å². The lowest BCUT2D eigenvalue weighted by atomic mass is 9.90. The van der Waals surface area contributed by atoms with Crippen LogP contribution in [0.3, 0.4) is 0 Å². The van der Waals surface area contributed by atoms with Crippen LogP contribution >= 0.6 is 35.0 Å². The summed E-state index contributed by atoms with van der Waals surface area (Å²) in [5.74, 6) is -0.188. The van der Waals surface area contributed by atoms with Crippen molar-refractivity contribution in [3.63, 3.8) is 0 Å². The van der Waals surface area contributed by atoms with Gasteiger partial charge in [-0.3, -0.25) is 4.79 Å². The van der Waals surface area contributed by atoms with Gasteiger partial charge in [0.1, 0.15) is 5.54 Å². The van der Waals surface area contributed by atoms with E-state index in [1.165, 1.54) is 11.8 Å². The van der Waals surface area contributed by atoms with Crippen LogP contribution in [0, 0.1) is 17.2 Å². The largest absolute Gasteiger partial charge is 0.337 e. The molecule has 0 unspecified atom stereocenters. The van der Waals surface area contributed by atoms with E-state index in [2.05, 4.69) is 11.4 Å². The van der Waals surface area contributed by atoms with Crippen molar-refractivity contribution >= 4 is 40.9 Å². The van der Waals surface area contributed by atoms with Gasteiger partial charge in [0.05, 0.1) is 16.3 Å². The van der Waals surface area contributed by atoms with Gasteiger partial charge in [0, 0.05) is 9.92 Å². The summed E-state index contributed by atoms with van der Waals surface area (Å²) in [5.41, 5.74) is -0.885. The second kappa shape index (κ2) is 7.40. The summed E-state index contributed by atoms with van der Waals surface area (Å²) in [4.78, 5) is 13.0. The molecule has 0 spiro atoms. The monoisotopic (exact) mass is 344 g/mol. The molecule has 1 aromatic carbocycles. The molecule has 0 aliphatic carbocycles. The molecule has 0 aliphatic rings. The van der Waals surface area contributed by atoms with Crippen LogP contribution < -0.4 is 5.32 Å². The predicted octanol–water partition coefficient (Wildman–Crippen LogP) is 4.53. The van der Waals surface area contributed by atoms with E-state index >= 15 is 0 Å². The molecule has 1 rings (SSSR count). The lowest BCUT2D eigenvalue weighted by Crippen LogP contribution is -2.51. The number of halogens is 2. The summed E-state index contributed by atoms with van der Waals surface area (Å²) in [6.45, 7) is 7.29. The first kappa shape index (κ1) is 18.2. The minimum Gasteiger partial charge on any atom is -0.337 e. The van der Waals surface area contributed by atoms with Crippen LogP contribution in [0.1, 0.15) is 27.7 Å². The third-order valence-corrected chi connectivity index (χ3v) is 5.17. The summed E-state index contributed by atoms with van der Waals surface area (Å²) in [7, 11) is 0. The quantitative estimate of drug-likeness (QED) is 0.798. The van der Waals surface area contributed by atoms with E-state index in [4.69, 9.17) is 23.2 Å². The average molecular weight is 345 g/mol. The van der Waals surface area contributed by atoms with Crippen molar-refractivity contribution in [1.29, 1.82) is 5.26 Å². The molecule has 1 N–H and O–H groups in total. The highest BCUT2D eigenvalue weighted by Crippen LogP contribution is 2.33. The Kier molecular flexibility index (Phi) is 6.40. The Morgan fingerprint density at radius 2 is 2.00 bits per heavy atom. The molecule has 21 heavy (non-hydrogen) atoms. The van der Waals surface area contributed by atoms with Crippen molar-refractivity contribution in [2.45, 2.75) is 43.4 Å². The van der Waals surface area contributed by atoms with E-state index in [9.17, 15) is 10.1 Å². The molecule has 1 amide bonds. The third-order valence-electron chi connectivity index (χ3n) is 3.34. The Labute approximate surface area is 140 Å². The summed E-state index contributed by atoms with van der Waals surface area (Å²) in [5, 5.41) is 12.8. The number of hydrogen-bond acceptors (Lipinski definition) is 3. The number of thioether (sulfide) groups is 1. The zero-order valence-electron chi connectivity index (χ0n) is 12.4. The van der Waals surface area contributed by atoms with Crippen molar-refractivity contribution in [3.8, 4) is 6.07 Å². The zero-order chi connectivity index (χ0) is 16.2. The van der Waals surface area contributed by atoms with Gasteiger partial charge < -0.3 is 5.32 Å². The smallest absolute Gasteiger partial charge is 0.234 e. The highest BCUT2D eigenvalue weighted by atomic mass is 35.5. The molecule has 0 aromatic heterocycles. The number of nitriles is 1. The summed E-state index contributed by atoms with van der Waals surface area (Å²) >= 11 is 13.3. The molecule has 0 saturated carbocycles. The van der Waals surface area contributed by atoms with Crippen LogP contribution in [0.5, 0.6) is 0 Å². The van der Waals surface area contributed by atoms with Crippen LogP contribution in [0.4, 0.5) is 0 Å². The maximum absolute atomic E-state index is 12.3. The van der Waals surface area contributed by atoms with E-state index in [0.717, 1.165) is 4.90 Å². The molecule has 114 valence electrons. The fourth-order valence-electron chi connectivity index (χ4n) is 1.47. The summed E-state index contributed by atoms with van der Waals surface area (Å²) in [6.07, 6.45) is 0. The van der Waals surface area contributed by atoms with Crippen LogP contribution in [0.25, 0.3) is 0 Å². The fourth-order valence-corrected chi connectivity index (χ4v) is 2.88. The minimum atomic E-state index is -0.885. The summed E-state index contributed by atoms with van der Waals surface area (Å²) < 4.78 is 0. The van der Waals surface area contributed by atoms with Crippen LogP contribution in [0.2, 0.25) is 10.0 Å². The predicted molar refractivity (Wildman–Crippen MR) is 88.8 cm³/mol. The molecule has 0 heterocycles. The number of nitrogens with zero attached hydrogens (tertiary/aromatic N) is 1. The number of rotatable bonds is 5. The first-order valence-corrected chi connectivity index (χ1v) is 8.18. The first-order valence-electron chi connectivity index (χ1n) is 6.54. The van der Waals surface area contributed by atoms with Gasteiger partial charge in [-0.1, -0.05) is 37.0 Å². The van der Waals surface area contributed by atoms with Crippen molar-refractivity contribution in [2.24, 2.45) is 5.92 Å². The number of carbonyl (C=O) groups is 1. The Morgan fingerprint density at radius 1 is 1.38 bits per heavy atom. The Balaban J connectivity index is 2.80. The van der Waals surface area contributed by atoms with Crippen LogP contribution in [-0.4, -0.2) is 16.7 Å². The van der Waals surface area contributed by atoms with Gasteiger partial charge in [-0.15, -0.1) is 11.8 Å². The van der Waals surface area contributed by atoms with Gasteiger partial charge >= 0.3 is 0 Å². The van der Waals surface area contributed by atoms with Gasteiger partial charge in [-0.2, -0.15) is 5.26 Å². The van der Waals surface area contributed by atoms with Crippen molar-refractivity contribution < 1.29 is 4.79 Å². The molecule has 0 saturated heterocycles. The standard InChI is InChI=1S/C15H18Cl2N2OS/c1-9(2)15(4,8-18)19-14(20)10(3)21-13-7-11(16)5-6-12(13)17/h5-7,9-10H,1-4H3,(H,19,20)/t10-,15+/m1/s1. The zero-order valence-corrected chi connectivity index (χ0v) is 14.7. The van der Waals surface area contributed by atoms with Crippen LogP contribution in [0.15, 0.2) is 23.1 Å². The van der Waals surface area contributed by atoms with Gasteiger partial charge in [0.2, 0.25) is 5.91 Å². The molecule has 1 aromatic rings. The minimum absolute atomic E-state index is 0.0124. The molecular weight excluding hydrogens is 327 g/mol. The molecule has 0 radical (unpaired) electrons. The number of benzene rings is 1. The highest BCUT2D eigenvalue weighted by Gasteiger charge is 2.31. The van der Waals surface area contributed by atoms with E-state index < -0.39 is 5.54 Å². The maximum atomic E-state index is 12.3. The van der Waals surface area contributed by atoms with Crippen molar-refractivity contribution in [3.05, 3.63) is 28.2 Å². The topological polar surface area (TPSA) is 52.9 Å². The number of carbonyl (C=O) groups excluding carboxylic acids is 1. The van der Waals surface area contributed by atoms with Crippen LogP contribution in [-0.2, 0) is 4.79 Å². The van der Waals surface area contributed by atoms with Gasteiger partial charge in [0.25, 0.3) is 0 Å². The van der Waals surface area contributed by atoms with E-state index in [1.807, 2.05) is 13.8 Å². The number of amides is 1. The fraction of sp³-hybridized carbons (Fsp3) is 0.467. The normalized spacial score (nSPS) is 15.1. The lowest BCUT2D eigenvalue weighted by molar-refractivity contribution is -0.121. The highest BCUT2D eigenvalue weighted by molar-refractivity contribution is 8.00. The van der Waals surface area contributed by atoms with Gasteiger partial charge in [-0.05, 0) is 38.0 Å². The lowest BCUT2D eigenvalue weighted by Gasteiger charge is -2.28. The number of hydrogen-bond donors (Lipinski definition) is 1. The molecule has 0 bridgehead atoms. The Morgan fingerprint density at radius 3 is 2.52 bits per heavy atom. The first-order chi connectivity index (χ1) is 9.69. The second-order valence-corrected chi connectivity index (χ2v) is 7.52. The third kappa shape index (κ3) is 4.81. The van der Waals surface area contributed by atoms with Gasteiger partial charge in [-0.25, -0.2) is 0 Å². The van der Waals surface area contributed by atoms with Gasteiger partial charge in [0.15, 0.2) is 0 Å². The second-order valence-electron chi connectivity index (χ2n) is 5.29. The Bertz CT molecular complexity index is 571. The van der Waals surface area contributed by atoms with E-state index in [-0.39, 0.29) is 17.1 Å². The van der Waals surface area contributed by atoms with E-state index in [1.54, 1.807) is 32.0 Å². The maximum Gasteiger partial charge on any atom is 0.234 e. The molecule has 6 heteroatoms. The van der Waals surface area contributed by atoms with E-state index in [0.29, 0.717) is 10.0 Å². The average Bonchev–Trinajstić information content (AvgIpc) is 2.42. The molecule has 0 aliphatic heterocycles. The molecule has 0 fully saturated rings. The molecular formula is C15H18Cl2N2OS. The summed E-state index contributed by atoms with van der Waals surface area (Å²) in [6, 6.07) is 7.28. The molecule has 3 nitrogen and oxygen atoms in total. The van der Waals surface area contributed by atoms with Crippen molar-refractivity contribution in [1.82, 2.24) is 5.32 Å². The SMILES string of the molecule is CC(C)[C@](C)(C#N)NC(=O)[C@@H](C)Sc1cc(Cl)ccc1Cl. The Hall–Kier alpha value is -0.890. The molecule has 2 atom stereocenters. The number of nitrogens with one attached hydrogen (secondary N) is 1.